The third kappa shape index (κ3) is 5.15. The Morgan fingerprint density at radius 3 is 2.61 bits per heavy atom. The number of anilines is 1. The predicted molar refractivity (Wildman–Crippen MR) is 126 cm³/mol. The molecule has 0 aliphatic heterocycles. The molecule has 1 N–H and O–H groups in total. The second-order valence-corrected chi connectivity index (χ2v) is 7.47. The topological polar surface area (TPSA) is 42.0 Å². The SMILES string of the molecule is C=CC(=O)Nc1cccc(-c2cnc(C)c(/C(=C\CCC)c3cccc(C)c3F)c2)c1. The van der Waals surface area contributed by atoms with E-state index in [4.69, 9.17) is 0 Å². The molecule has 4 heteroatoms. The van der Waals surface area contributed by atoms with Gasteiger partial charge in [0.15, 0.2) is 0 Å². The van der Waals surface area contributed by atoms with Gasteiger partial charge >= 0.3 is 0 Å². The first-order chi connectivity index (χ1) is 14.9. The third-order valence-corrected chi connectivity index (χ3v) is 5.15. The smallest absolute Gasteiger partial charge is 0.247 e. The summed E-state index contributed by atoms with van der Waals surface area (Å²) >= 11 is 0. The molecule has 0 fully saturated rings. The van der Waals surface area contributed by atoms with Crippen molar-refractivity contribution in [3.63, 3.8) is 0 Å². The Morgan fingerprint density at radius 2 is 1.87 bits per heavy atom. The van der Waals surface area contributed by atoms with Crippen LogP contribution in [-0.4, -0.2) is 10.9 Å². The fraction of sp³-hybridized carbons (Fsp3) is 0.185. The first-order valence-corrected chi connectivity index (χ1v) is 10.4. The zero-order valence-electron chi connectivity index (χ0n) is 18.2. The van der Waals surface area contributed by atoms with E-state index in [0.29, 0.717) is 16.8 Å². The van der Waals surface area contributed by atoms with Gasteiger partial charge in [-0.05, 0) is 61.2 Å². The van der Waals surface area contributed by atoms with E-state index < -0.39 is 0 Å². The van der Waals surface area contributed by atoms with E-state index in [-0.39, 0.29) is 11.7 Å². The summed E-state index contributed by atoms with van der Waals surface area (Å²) in [6.45, 7) is 9.30. The molecule has 1 aromatic heterocycles. The molecule has 158 valence electrons. The number of nitrogens with one attached hydrogen (secondary N) is 1. The number of carbonyl (C=O) groups is 1. The zero-order chi connectivity index (χ0) is 22.4. The van der Waals surface area contributed by atoms with E-state index in [0.717, 1.165) is 40.8 Å². The minimum Gasteiger partial charge on any atom is -0.323 e. The Balaban J connectivity index is 2.10. The molecule has 2 aromatic carbocycles. The Kier molecular flexibility index (Phi) is 7.14. The number of aromatic nitrogens is 1. The highest BCUT2D eigenvalue weighted by Gasteiger charge is 2.15. The summed E-state index contributed by atoms with van der Waals surface area (Å²) < 4.78 is 15.0. The molecule has 0 aliphatic rings. The lowest BCUT2D eigenvalue weighted by atomic mass is 9.92. The number of benzene rings is 2. The van der Waals surface area contributed by atoms with Gasteiger partial charge in [0.25, 0.3) is 0 Å². The zero-order valence-corrected chi connectivity index (χ0v) is 18.2. The quantitative estimate of drug-likeness (QED) is 0.429. The van der Waals surface area contributed by atoms with Crippen molar-refractivity contribution < 1.29 is 9.18 Å². The minimum absolute atomic E-state index is 0.205. The molecule has 1 amide bonds. The van der Waals surface area contributed by atoms with Crippen LogP contribution in [0.3, 0.4) is 0 Å². The third-order valence-electron chi connectivity index (χ3n) is 5.15. The molecule has 1 heterocycles. The lowest BCUT2D eigenvalue weighted by Gasteiger charge is -2.15. The van der Waals surface area contributed by atoms with E-state index in [9.17, 15) is 4.79 Å². The van der Waals surface area contributed by atoms with Gasteiger partial charge in [0.1, 0.15) is 5.82 Å². The standard InChI is InChI=1S/C27H27FN2O/c1-5-7-13-23(24-14-8-10-18(3)27(24)28)25-16-21(17-29-19(25)4)20-11-9-12-22(15-20)30-26(31)6-2/h6,8-17H,2,5,7H2,1,3-4H3,(H,30,31)/b23-13-. The first kappa shape index (κ1) is 22.2. The molecule has 0 unspecified atom stereocenters. The molecule has 0 aliphatic carbocycles. The van der Waals surface area contributed by atoms with Gasteiger partial charge in [-0.2, -0.15) is 0 Å². The van der Waals surface area contributed by atoms with Crippen molar-refractivity contribution in [1.29, 1.82) is 0 Å². The van der Waals surface area contributed by atoms with Crippen molar-refractivity contribution in [2.75, 3.05) is 5.32 Å². The van der Waals surface area contributed by atoms with E-state index in [1.54, 1.807) is 19.2 Å². The van der Waals surface area contributed by atoms with Crippen LogP contribution in [0.4, 0.5) is 10.1 Å². The highest BCUT2D eigenvalue weighted by atomic mass is 19.1. The Hall–Kier alpha value is -3.53. The maximum absolute atomic E-state index is 15.0. The van der Waals surface area contributed by atoms with Crippen molar-refractivity contribution in [3.05, 3.63) is 102 Å². The van der Waals surface area contributed by atoms with Crippen LogP contribution in [0.2, 0.25) is 0 Å². The van der Waals surface area contributed by atoms with Crippen molar-refractivity contribution in [2.45, 2.75) is 33.6 Å². The second-order valence-electron chi connectivity index (χ2n) is 7.47. The fourth-order valence-corrected chi connectivity index (χ4v) is 3.44. The van der Waals surface area contributed by atoms with E-state index in [2.05, 4.69) is 29.9 Å². The predicted octanol–water partition coefficient (Wildman–Crippen LogP) is 6.86. The van der Waals surface area contributed by atoms with E-state index in [1.165, 1.54) is 6.08 Å². The molecule has 3 rings (SSSR count). The second kappa shape index (κ2) is 9.98. The van der Waals surface area contributed by atoms with Crippen molar-refractivity contribution >= 4 is 17.2 Å². The average Bonchev–Trinajstić information content (AvgIpc) is 2.77. The number of pyridine rings is 1. The van der Waals surface area contributed by atoms with Gasteiger partial charge in [-0.1, -0.05) is 56.3 Å². The Labute approximate surface area is 183 Å². The van der Waals surface area contributed by atoms with Crippen LogP contribution in [0.15, 0.2) is 73.5 Å². The summed E-state index contributed by atoms with van der Waals surface area (Å²) in [7, 11) is 0. The number of hydrogen-bond acceptors (Lipinski definition) is 2. The van der Waals surface area contributed by atoms with Crippen molar-refractivity contribution in [1.82, 2.24) is 4.98 Å². The molecule has 0 spiro atoms. The monoisotopic (exact) mass is 414 g/mol. The van der Waals surface area contributed by atoms with Gasteiger partial charge in [-0.15, -0.1) is 0 Å². The van der Waals surface area contributed by atoms with Crippen molar-refractivity contribution in [3.8, 4) is 11.1 Å². The number of nitrogens with zero attached hydrogens (tertiary/aromatic N) is 1. The Bertz CT molecular complexity index is 1150. The lowest BCUT2D eigenvalue weighted by Crippen LogP contribution is -2.07. The maximum atomic E-state index is 15.0. The van der Waals surface area contributed by atoms with Crippen molar-refractivity contribution in [2.24, 2.45) is 0 Å². The van der Waals surface area contributed by atoms with Crippen LogP contribution >= 0.6 is 0 Å². The van der Waals surface area contributed by atoms with Crippen LogP contribution in [0.5, 0.6) is 0 Å². The molecular formula is C27H27FN2O. The molecule has 31 heavy (non-hydrogen) atoms. The highest BCUT2D eigenvalue weighted by Crippen LogP contribution is 2.32. The number of allylic oxidation sites excluding steroid dienone is 1. The summed E-state index contributed by atoms with van der Waals surface area (Å²) in [5.74, 6) is -0.469. The highest BCUT2D eigenvalue weighted by molar-refractivity contribution is 5.99. The van der Waals surface area contributed by atoms with Crippen LogP contribution in [0.25, 0.3) is 16.7 Å². The molecule has 0 atom stereocenters. The number of rotatable bonds is 7. The molecule has 0 saturated heterocycles. The summed E-state index contributed by atoms with van der Waals surface area (Å²) in [5.41, 5.74) is 6.27. The summed E-state index contributed by atoms with van der Waals surface area (Å²) in [6.07, 6.45) is 6.94. The number of carbonyl (C=O) groups excluding carboxylic acids is 1. The van der Waals surface area contributed by atoms with Crippen LogP contribution in [0.1, 0.15) is 42.1 Å². The molecule has 3 nitrogen and oxygen atoms in total. The number of aryl methyl sites for hydroxylation is 2. The molecular weight excluding hydrogens is 387 g/mol. The average molecular weight is 415 g/mol. The fourth-order valence-electron chi connectivity index (χ4n) is 3.44. The van der Waals surface area contributed by atoms with Gasteiger partial charge in [0.05, 0.1) is 0 Å². The van der Waals surface area contributed by atoms with Crippen LogP contribution in [0, 0.1) is 19.7 Å². The number of hydrogen-bond donors (Lipinski definition) is 1. The summed E-state index contributed by atoms with van der Waals surface area (Å²) in [6, 6.07) is 15.1. The van der Waals surface area contributed by atoms with Gasteiger partial charge < -0.3 is 5.32 Å². The summed E-state index contributed by atoms with van der Waals surface area (Å²) in [4.78, 5) is 16.3. The van der Waals surface area contributed by atoms with E-state index >= 15 is 4.39 Å². The molecule has 0 bridgehead atoms. The minimum atomic E-state index is -0.264. The first-order valence-electron chi connectivity index (χ1n) is 10.4. The van der Waals surface area contributed by atoms with Gasteiger partial charge in [-0.3, -0.25) is 9.78 Å². The molecule has 3 aromatic rings. The summed E-state index contributed by atoms with van der Waals surface area (Å²) in [5, 5.41) is 2.78. The van der Waals surface area contributed by atoms with Gasteiger partial charge in [0, 0.05) is 34.3 Å². The largest absolute Gasteiger partial charge is 0.323 e. The number of amides is 1. The van der Waals surface area contributed by atoms with Gasteiger partial charge in [-0.25, -0.2) is 4.39 Å². The lowest BCUT2D eigenvalue weighted by molar-refractivity contribution is -0.111. The van der Waals surface area contributed by atoms with Crippen LogP contribution in [-0.2, 0) is 4.79 Å². The normalized spacial score (nSPS) is 11.3. The Morgan fingerprint density at radius 1 is 1.10 bits per heavy atom. The van der Waals surface area contributed by atoms with E-state index in [1.807, 2.05) is 49.4 Å². The number of unbranched alkanes of at least 4 members (excludes halogenated alkanes) is 1. The molecule has 0 saturated carbocycles. The van der Waals surface area contributed by atoms with Gasteiger partial charge in [0.2, 0.25) is 5.91 Å². The number of halogens is 1. The van der Waals surface area contributed by atoms with Crippen LogP contribution < -0.4 is 5.32 Å². The maximum Gasteiger partial charge on any atom is 0.247 e. The molecule has 0 radical (unpaired) electrons.